The zero-order valence-electron chi connectivity index (χ0n) is 15.4. The Hall–Kier alpha value is -3.02. The van der Waals surface area contributed by atoms with Gasteiger partial charge in [0.1, 0.15) is 17.1 Å². The molecule has 0 radical (unpaired) electrons. The lowest BCUT2D eigenvalue weighted by molar-refractivity contribution is -0.129. The Labute approximate surface area is 153 Å². The summed E-state index contributed by atoms with van der Waals surface area (Å²) in [4.78, 5) is 24.5. The van der Waals surface area contributed by atoms with Gasteiger partial charge in [-0.15, -0.1) is 0 Å². The lowest BCUT2D eigenvalue weighted by Crippen LogP contribution is -2.35. The van der Waals surface area contributed by atoms with Crippen molar-refractivity contribution in [2.24, 2.45) is 0 Å². The van der Waals surface area contributed by atoms with E-state index in [1.807, 2.05) is 37.3 Å². The molecule has 26 heavy (non-hydrogen) atoms. The first-order valence-electron chi connectivity index (χ1n) is 8.21. The first-order valence-corrected chi connectivity index (χ1v) is 8.21. The molecule has 0 saturated carbocycles. The maximum Gasteiger partial charge on any atom is 0.342 e. The summed E-state index contributed by atoms with van der Waals surface area (Å²) >= 11 is 0. The summed E-state index contributed by atoms with van der Waals surface area (Å²) in [5.74, 6) is 0.180. The Balaban J connectivity index is 1.93. The average Bonchev–Trinajstić information content (AvgIpc) is 2.66. The Morgan fingerprint density at radius 2 is 1.73 bits per heavy atom. The van der Waals surface area contributed by atoms with E-state index in [2.05, 4.69) is 5.32 Å². The molecule has 6 heteroatoms. The van der Waals surface area contributed by atoms with Crippen LogP contribution in [0.4, 0.5) is 0 Å². The van der Waals surface area contributed by atoms with Crippen molar-refractivity contribution in [1.29, 1.82) is 0 Å². The Morgan fingerprint density at radius 3 is 2.35 bits per heavy atom. The van der Waals surface area contributed by atoms with E-state index >= 15 is 0 Å². The topological polar surface area (TPSA) is 73.9 Å². The number of benzene rings is 2. The number of hydrogen-bond acceptors (Lipinski definition) is 5. The number of methoxy groups -OCH3 is 2. The summed E-state index contributed by atoms with van der Waals surface area (Å²) in [7, 11) is 3.07. The van der Waals surface area contributed by atoms with Crippen LogP contribution in [0, 0.1) is 6.92 Å². The molecule has 0 aliphatic heterocycles. The van der Waals surface area contributed by atoms with Gasteiger partial charge >= 0.3 is 5.97 Å². The maximum atomic E-state index is 12.3. The Morgan fingerprint density at radius 1 is 1.04 bits per heavy atom. The molecule has 1 atom stereocenters. The average molecular weight is 357 g/mol. The molecule has 1 N–H and O–H groups in total. The number of carbonyl (C=O) groups excluding carboxylic acids is 2. The molecular formula is C20H23NO5. The fraction of sp³-hybridized carbons (Fsp3) is 0.300. The number of ether oxygens (including phenoxy) is 3. The maximum absolute atomic E-state index is 12.3. The van der Waals surface area contributed by atoms with Crippen LogP contribution in [0.5, 0.6) is 11.5 Å². The number of aryl methyl sites for hydroxylation is 1. The standard InChI is InChI=1S/C20H23NO5/c1-13-5-10-18(25-4)17(11-13)20(23)26-14(2)19(22)21-12-15-6-8-16(24-3)9-7-15/h5-11,14H,12H2,1-4H3,(H,21,22)/t14-/m0/s1. The van der Waals surface area contributed by atoms with Gasteiger partial charge in [0, 0.05) is 6.54 Å². The summed E-state index contributed by atoms with van der Waals surface area (Å²) < 4.78 is 15.5. The summed E-state index contributed by atoms with van der Waals surface area (Å²) in [5.41, 5.74) is 2.11. The quantitative estimate of drug-likeness (QED) is 0.772. The van der Waals surface area contributed by atoms with E-state index in [-0.39, 0.29) is 5.91 Å². The van der Waals surface area contributed by atoms with Crippen LogP contribution in [-0.2, 0) is 16.1 Å². The zero-order chi connectivity index (χ0) is 19.1. The van der Waals surface area contributed by atoms with Gasteiger partial charge in [-0.05, 0) is 43.7 Å². The number of amides is 1. The van der Waals surface area contributed by atoms with Gasteiger partial charge in [-0.25, -0.2) is 4.79 Å². The van der Waals surface area contributed by atoms with Gasteiger partial charge < -0.3 is 19.5 Å². The molecule has 0 unspecified atom stereocenters. The van der Waals surface area contributed by atoms with E-state index in [1.165, 1.54) is 14.0 Å². The molecule has 0 aliphatic carbocycles. The lowest BCUT2D eigenvalue weighted by Gasteiger charge is -2.15. The third kappa shape index (κ3) is 4.99. The van der Waals surface area contributed by atoms with Gasteiger partial charge in [-0.2, -0.15) is 0 Å². The minimum Gasteiger partial charge on any atom is -0.497 e. The highest BCUT2D eigenvalue weighted by molar-refractivity contribution is 5.94. The van der Waals surface area contributed by atoms with Gasteiger partial charge in [0.2, 0.25) is 0 Å². The van der Waals surface area contributed by atoms with Crippen LogP contribution in [0.2, 0.25) is 0 Å². The minimum absolute atomic E-state index is 0.294. The summed E-state index contributed by atoms with van der Waals surface area (Å²) in [6.45, 7) is 3.73. The predicted molar refractivity (Wildman–Crippen MR) is 97.4 cm³/mol. The molecule has 138 valence electrons. The van der Waals surface area contributed by atoms with Crippen LogP contribution in [0.3, 0.4) is 0 Å². The minimum atomic E-state index is -0.925. The summed E-state index contributed by atoms with van der Waals surface area (Å²) in [6.07, 6.45) is -0.925. The molecule has 0 aliphatic rings. The molecule has 0 fully saturated rings. The molecule has 2 rings (SSSR count). The van der Waals surface area contributed by atoms with Crippen molar-refractivity contribution in [2.75, 3.05) is 14.2 Å². The summed E-state index contributed by atoms with van der Waals surface area (Å²) in [6, 6.07) is 12.5. The van der Waals surface area contributed by atoms with Crippen LogP contribution in [0.1, 0.15) is 28.4 Å². The largest absolute Gasteiger partial charge is 0.497 e. The molecule has 0 bridgehead atoms. The van der Waals surface area contributed by atoms with Crippen molar-refractivity contribution in [3.8, 4) is 11.5 Å². The van der Waals surface area contributed by atoms with E-state index in [9.17, 15) is 9.59 Å². The second-order valence-corrected chi connectivity index (χ2v) is 5.82. The van der Waals surface area contributed by atoms with E-state index in [4.69, 9.17) is 14.2 Å². The summed E-state index contributed by atoms with van der Waals surface area (Å²) in [5, 5.41) is 2.74. The highest BCUT2D eigenvalue weighted by atomic mass is 16.5. The Bertz CT molecular complexity index is 770. The second-order valence-electron chi connectivity index (χ2n) is 5.82. The molecule has 0 aromatic heterocycles. The third-order valence-corrected chi connectivity index (χ3v) is 3.85. The smallest absolute Gasteiger partial charge is 0.342 e. The van der Waals surface area contributed by atoms with Crippen LogP contribution in [0.25, 0.3) is 0 Å². The molecule has 1 amide bonds. The molecule has 0 heterocycles. The van der Waals surface area contributed by atoms with E-state index in [1.54, 1.807) is 19.2 Å². The van der Waals surface area contributed by atoms with Gasteiger partial charge in [0.05, 0.1) is 14.2 Å². The molecular weight excluding hydrogens is 334 g/mol. The van der Waals surface area contributed by atoms with E-state index < -0.39 is 12.1 Å². The number of rotatable bonds is 7. The number of esters is 1. The van der Waals surface area contributed by atoms with Crippen molar-refractivity contribution in [3.63, 3.8) is 0 Å². The first kappa shape index (κ1) is 19.3. The Kier molecular flexibility index (Phi) is 6.60. The van der Waals surface area contributed by atoms with Gasteiger partial charge in [0.15, 0.2) is 6.10 Å². The van der Waals surface area contributed by atoms with Crippen molar-refractivity contribution in [3.05, 3.63) is 59.2 Å². The molecule has 0 saturated heterocycles. The SMILES string of the molecule is COc1ccc(CNC(=O)[C@H](C)OC(=O)c2cc(C)ccc2OC)cc1. The van der Waals surface area contributed by atoms with E-state index in [0.717, 1.165) is 16.9 Å². The molecule has 2 aromatic rings. The van der Waals surface area contributed by atoms with Crippen molar-refractivity contribution in [1.82, 2.24) is 5.32 Å². The normalized spacial score (nSPS) is 11.4. The number of carbonyl (C=O) groups is 2. The highest BCUT2D eigenvalue weighted by Crippen LogP contribution is 2.21. The second kappa shape index (κ2) is 8.89. The number of nitrogens with one attached hydrogen (secondary N) is 1. The fourth-order valence-electron chi connectivity index (χ4n) is 2.34. The predicted octanol–water partition coefficient (Wildman–Crippen LogP) is 2.87. The fourth-order valence-corrected chi connectivity index (χ4v) is 2.34. The van der Waals surface area contributed by atoms with Gasteiger partial charge in [-0.1, -0.05) is 23.8 Å². The van der Waals surface area contributed by atoms with Crippen molar-refractivity contribution >= 4 is 11.9 Å². The zero-order valence-corrected chi connectivity index (χ0v) is 15.4. The van der Waals surface area contributed by atoms with Crippen LogP contribution in [-0.4, -0.2) is 32.2 Å². The third-order valence-electron chi connectivity index (χ3n) is 3.85. The molecule has 6 nitrogen and oxygen atoms in total. The lowest BCUT2D eigenvalue weighted by atomic mass is 10.1. The van der Waals surface area contributed by atoms with Gasteiger partial charge in [0.25, 0.3) is 5.91 Å². The van der Waals surface area contributed by atoms with Crippen molar-refractivity contribution in [2.45, 2.75) is 26.5 Å². The first-order chi connectivity index (χ1) is 12.4. The highest BCUT2D eigenvalue weighted by Gasteiger charge is 2.21. The molecule has 2 aromatic carbocycles. The van der Waals surface area contributed by atoms with E-state index in [0.29, 0.717) is 17.9 Å². The van der Waals surface area contributed by atoms with Crippen LogP contribution in [0.15, 0.2) is 42.5 Å². The number of hydrogen-bond donors (Lipinski definition) is 1. The van der Waals surface area contributed by atoms with Crippen LogP contribution < -0.4 is 14.8 Å². The van der Waals surface area contributed by atoms with Crippen molar-refractivity contribution < 1.29 is 23.8 Å². The van der Waals surface area contributed by atoms with Gasteiger partial charge in [-0.3, -0.25) is 4.79 Å². The van der Waals surface area contributed by atoms with Crippen LogP contribution >= 0.6 is 0 Å². The molecule has 0 spiro atoms. The monoisotopic (exact) mass is 357 g/mol.